The Bertz CT molecular complexity index is 413. The zero-order valence-corrected chi connectivity index (χ0v) is 26.2. The zero-order valence-electron chi connectivity index (χ0n) is 25.2. The molecule has 0 bridgehead atoms. The van der Waals surface area contributed by atoms with Gasteiger partial charge in [-0.2, -0.15) is 0 Å². The fraction of sp³-hybridized carbons (Fsp3) is 1.00. The lowest BCUT2D eigenvalue weighted by molar-refractivity contribution is 0.178. The fourth-order valence-electron chi connectivity index (χ4n) is 6.04. The van der Waals surface area contributed by atoms with Crippen LogP contribution in [0.1, 0.15) is 99.3 Å². The van der Waals surface area contributed by atoms with E-state index in [1.54, 1.807) is 0 Å². The Balaban J connectivity index is 5.67. The number of hydrogen-bond acceptors (Lipinski definition) is 4. The van der Waals surface area contributed by atoms with E-state index in [1.807, 2.05) is 0 Å². The molecule has 0 saturated carbocycles. The van der Waals surface area contributed by atoms with Crippen LogP contribution in [0.15, 0.2) is 0 Å². The van der Waals surface area contributed by atoms with Crippen molar-refractivity contribution in [1.29, 1.82) is 0 Å². The summed E-state index contributed by atoms with van der Waals surface area (Å²) < 4.78 is 6.69. The van der Waals surface area contributed by atoms with Crippen LogP contribution in [0.3, 0.4) is 0 Å². The van der Waals surface area contributed by atoms with Crippen LogP contribution in [-0.2, 0) is 4.43 Å². The Morgan fingerprint density at radius 1 is 0.559 bits per heavy atom. The van der Waals surface area contributed by atoms with Crippen LogP contribution in [0.25, 0.3) is 0 Å². The fourth-order valence-corrected chi connectivity index (χ4v) is 10.1. The van der Waals surface area contributed by atoms with E-state index in [-0.39, 0.29) is 0 Å². The maximum atomic E-state index is 6.69. The molecule has 0 amide bonds. The predicted molar refractivity (Wildman–Crippen MR) is 157 cm³/mol. The van der Waals surface area contributed by atoms with Gasteiger partial charge in [0.25, 0.3) is 0 Å². The molecule has 0 saturated heterocycles. The van der Waals surface area contributed by atoms with Gasteiger partial charge < -0.3 is 19.1 Å². The first kappa shape index (κ1) is 34.1. The molecule has 5 heteroatoms. The van der Waals surface area contributed by atoms with Gasteiger partial charge in [-0.05, 0) is 149 Å². The van der Waals surface area contributed by atoms with Crippen molar-refractivity contribution in [2.75, 3.05) is 67.0 Å². The van der Waals surface area contributed by atoms with Crippen molar-refractivity contribution in [2.24, 2.45) is 5.41 Å². The van der Waals surface area contributed by atoms with Crippen molar-refractivity contribution in [1.82, 2.24) is 14.7 Å². The summed E-state index contributed by atoms with van der Waals surface area (Å²) in [6.45, 7) is 22.2. The summed E-state index contributed by atoms with van der Waals surface area (Å²) in [6.07, 6.45) is 11.9. The second kappa shape index (κ2) is 20.2. The third-order valence-electron chi connectivity index (χ3n) is 7.99. The first-order valence-corrected chi connectivity index (χ1v) is 17.5. The second-order valence-corrected chi connectivity index (χ2v) is 15.6. The highest BCUT2D eigenvalue weighted by Crippen LogP contribution is 2.45. The molecule has 0 fully saturated rings. The molecule has 0 rings (SSSR count). The van der Waals surface area contributed by atoms with Gasteiger partial charge in [0.05, 0.1) is 0 Å². The highest BCUT2D eigenvalue weighted by Gasteiger charge is 2.41. The van der Waals surface area contributed by atoms with E-state index in [0.717, 1.165) is 6.61 Å². The molecule has 0 radical (unpaired) electrons. The lowest BCUT2D eigenvalue weighted by atomic mass is 9.76. The lowest BCUT2D eigenvalue weighted by Gasteiger charge is -2.43. The summed E-state index contributed by atoms with van der Waals surface area (Å²) in [7, 11) is 5.23. The topological polar surface area (TPSA) is 19.0 Å². The molecule has 0 aromatic heterocycles. The first-order valence-electron chi connectivity index (χ1n) is 14.9. The molecule has 0 unspecified atom stereocenters. The van der Waals surface area contributed by atoms with Gasteiger partial charge in [-0.15, -0.1) is 0 Å². The van der Waals surface area contributed by atoms with Gasteiger partial charge in [0.15, 0.2) is 8.32 Å². The summed E-state index contributed by atoms with van der Waals surface area (Å²) >= 11 is 0. The molecule has 0 aliphatic rings. The number of hydrogen-bond donors (Lipinski definition) is 0. The van der Waals surface area contributed by atoms with Gasteiger partial charge in [0.2, 0.25) is 0 Å². The Morgan fingerprint density at radius 3 is 1.18 bits per heavy atom. The molecule has 0 spiro atoms. The van der Waals surface area contributed by atoms with Crippen LogP contribution < -0.4 is 0 Å². The summed E-state index contributed by atoms with van der Waals surface area (Å²) in [5.41, 5.74) is 0.445. The van der Waals surface area contributed by atoms with Gasteiger partial charge in [0.1, 0.15) is 0 Å². The largest absolute Gasteiger partial charge is 0.417 e. The van der Waals surface area contributed by atoms with Crippen molar-refractivity contribution in [3.63, 3.8) is 0 Å². The van der Waals surface area contributed by atoms with Gasteiger partial charge in [0, 0.05) is 6.61 Å². The molecule has 0 aliphatic heterocycles. The molecule has 0 aromatic carbocycles. The van der Waals surface area contributed by atoms with E-state index in [4.69, 9.17) is 4.43 Å². The normalized spacial score (nSPS) is 13.1. The average molecular weight is 500 g/mol. The van der Waals surface area contributed by atoms with E-state index >= 15 is 0 Å². The molecule has 0 aliphatic carbocycles. The maximum absolute atomic E-state index is 6.69. The van der Waals surface area contributed by atoms with Crippen LogP contribution in [-0.4, -0.2) is 90.0 Å². The summed E-state index contributed by atoms with van der Waals surface area (Å²) in [4.78, 5) is 7.63. The van der Waals surface area contributed by atoms with Crippen molar-refractivity contribution in [3.05, 3.63) is 0 Å². The molecule has 0 aromatic rings. The second-order valence-electron chi connectivity index (χ2n) is 11.2. The third-order valence-corrected chi connectivity index (χ3v) is 12.9. The molecule has 0 N–H and O–H groups in total. The van der Waals surface area contributed by atoms with Crippen molar-refractivity contribution in [2.45, 2.75) is 117 Å². The third kappa shape index (κ3) is 14.6. The number of nitrogens with zero attached hydrogens (tertiary/aromatic N) is 3. The zero-order chi connectivity index (χ0) is 25.9. The standard InChI is InChI=1S/C29H65N3OSi/c1-10-22-30(7)25-16-19-29(20-17-26-31(8)23-11-2,21-18-27-32(9)24-12-3)28-34(14-5,15-6)33-13-4/h10-28H2,1-9H3. The van der Waals surface area contributed by atoms with E-state index in [0.29, 0.717) is 5.41 Å². The van der Waals surface area contributed by atoms with Crippen LogP contribution in [0, 0.1) is 5.41 Å². The Labute approximate surface area is 217 Å². The smallest absolute Gasteiger partial charge is 0.192 e. The van der Waals surface area contributed by atoms with Crippen molar-refractivity contribution < 1.29 is 4.43 Å². The van der Waals surface area contributed by atoms with Crippen molar-refractivity contribution in [3.8, 4) is 0 Å². The van der Waals surface area contributed by atoms with Crippen LogP contribution >= 0.6 is 0 Å². The molecule has 4 nitrogen and oxygen atoms in total. The first-order chi connectivity index (χ1) is 16.3. The summed E-state index contributed by atoms with van der Waals surface area (Å²) in [5, 5.41) is 0. The average Bonchev–Trinajstić information content (AvgIpc) is 2.79. The molecule has 206 valence electrons. The lowest BCUT2D eigenvalue weighted by Crippen LogP contribution is -2.43. The van der Waals surface area contributed by atoms with E-state index in [2.05, 4.69) is 77.4 Å². The van der Waals surface area contributed by atoms with Gasteiger partial charge in [-0.1, -0.05) is 34.6 Å². The quantitative estimate of drug-likeness (QED) is 0.129. The molecular weight excluding hydrogens is 434 g/mol. The number of rotatable bonds is 24. The molecule has 0 atom stereocenters. The minimum atomic E-state index is -1.70. The maximum Gasteiger partial charge on any atom is 0.192 e. The van der Waals surface area contributed by atoms with Crippen molar-refractivity contribution >= 4 is 8.32 Å². The van der Waals surface area contributed by atoms with Gasteiger partial charge in [-0.3, -0.25) is 0 Å². The Hall–Kier alpha value is 0.0569. The summed E-state index contributed by atoms with van der Waals surface area (Å²) in [6, 6.07) is 3.90. The molecular formula is C29H65N3OSi. The van der Waals surface area contributed by atoms with Gasteiger partial charge >= 0.3 is 0 Å². The van der Waals surface area contributed by atoms with E-state index in [1.165, 1.54) is 115 Å². The Kier molecular flexibility index (Phi) is 20.2. The molecule has 0 heterocycles. The minimum absolute atomic E-state index is 0.445. The SMILES string of the molecule is CCCN(C)CCCC(CCCN(C)CCC)(CCCN(C)CCC)C[Si](CC)(CC)OCC. The summed E-state index contributed by atoms with van der Waals surface area (Å²) in [5.74, 6) is 0. The highest BCUT2D eigenvalue weighted by molar-refractivity contribution is 6.73. The Morgan fingerprint density at radius 2 is 0.912 bits per heavy atom. The minimum Gasteiger partial charge on any atom is -0.417 e. The predicted octanol–water partition coefficient (Wildman–Crippen LogP) is 7.36. The monoisotopic (exact) mass is 499 g/mol. The van der Waals surface area contributed by atoms with Crippen LogP contribution in [0.4, 0.5) is 0 Å². The highest BCUT2D eigenvalue weighted by atomic mass is 28.4. The van der Waals surface area contributed by atoms with Crippen LogP contribution in [0.2, 0.25) is 18.1 Å². The van der Waals surface area contributed by atoms with E-state index < -0.39 is 8.32 Å². The van der Waals surface area contributed by atoms with Gasteiger partial charge in [-0.25, -0.2) is 0 Å². The molecule has 34 heavy (non-hydrogen) atoms. The van der Waals surface area contributed by atoms with E-state index in [9.17, 15) is 0 Å². The van der Waals surface area contributed by atoms with Crippen LogP contribution in [0.5, 0.6) is 0 Å².